The van der Waals surface area contributed by atoms with Crippen molar-refractivity contribution < 1.29 is 0 Å². The summed E-state index contributed by atoms with van der Waals surface area (Å²) in [5.74, 6) is 0. The number of hydrogen-bond donors (Lipinski definition) is 0. The highest BCUT2D eigenvalue weighted by Gasteiger charge is 2.03. The monoisotopic (exact) mass is 159 g/mol. The summed E-state index contributed by atoms with van der Waals surface area (Å²) in [6.45, 7) is 1.12. The quantitative estimate of drug-likeness (QED) is 0.560. The molecule has 1 heteroatoms. The minimum atomic E-state index is 1.12. The summed E-state index contributed by atoms with van der Waals surface area (Å²) < 4.78 is 0. The first kappa shape index (κ1) is 7.41. The molecule has 62 valence electrons. The third-order valence-electron chi connectivity index (χ3n) is 2.30. The lowest BCUT2D eigenvalue weighted by Gasteiger charge is -2.10. The normalized spacial score (nSPS) is 15.6. The minimum Gasteiger partial charge on any atom is -0.380 e. The standard InChI is InChI=1S/C11H13N/c1-12-8-6-10-4-2-3-5-11(10)7-9-12/h2-6,8H,7,9H2,1H3. The van der Waals surface area contributed by atoms with Crippen molar-refractivity contribution in [3.63, 3.8) is 0 Å². The summed E-state index contributed by atoms with van der Waals surface area (Å²) >= 11 is 0. The molecular formula is C11H13N. The summed E-state index contributed by atoms with van der Waals surface area (Å²) in [4.78, 5) is 2.22. The molecule has 1 heterocycles. The van der Waals surface area contributed by atoms with Crippen LogP contribution in [0, 0.1) is 0 Å². The molecule has 1 aliphatic heterocycles. The van der Waals surface area contributed by atoms with Crippen LogP contribution in [0.1, 0.15) is 11.1 Å². The Labute approximate surface area is 73.3 Å². The molecule has 0 aromatic heterocycles. The maximum absolute atomic E-state index is 2.22. The number of nitrogens with zero attached hydrogens (tertiary/aromatic N) is 1. The second-order valence-electron chi connectivity index (χ2n) is 3.25. The second-order valence-corrected chi connectivity index (χ2v) is 3.25. The highest BCUT2D eigenvalue weighted by atomic mass is 15.1. The van der Waals surface area contributed by atoms with Gasteiger partial charge in [0, 0.05) is 13.6 Å². The maximum Gasteiger partial charge on any atom is 0.0209 e. The Morgan fingerprint density at radius 2 is 2.08 bits per heavy atom. The van der Waals surface area contributed by atoms with Crippen LogP contribution in [0.5, 0.6) is 0 Å². The molecule has 0 radical (unpaired) electrons. The van der Waals surface area contributed by atoms with E-state index in [4.69, 9.17) is 0 Å². The van der Waals surface area contributed by atoms with Crippen LogP contribution in [-0.4, -0.2) is 18.5 Å². The van der Waals surface area contributed by atoms with Crippen LogP contribution in [0.4, 0.5) is 0 Å². The van der Waals surface area contributed by atoms with Gasteiger partial charge in [0.25, 0.3) is 0 Å². The average Bonchev–Trinajstić information content (AvgIpc) is 2.29. The maximum atomic E-state index is 2.22. The second kappa shape index (κ2) is 3.02. The molecule has 2 rings (SSSR count). The van der Waals surface area contributed by atoms with Gasteiger partial charge in [-0.2, -0.15) is 0 Å². The van der Waals surface area contributed by atoms with Gasteiger partial charge in [-0.25, -0.2) is 0 Å². The Morgan fingerprint density at radius 3 is 3.00 bits per heavy atom. The van der Waals surface area contributed by atoms with Crippen LogP contribution in [0.2, 0.25) is 0 Å². The summed E-state index contributed by atoms with van der Waals surface area (Å²) in [7, 11) is 2.11. The van der Waals surface area contributed by atoms with E-state index in [1.165, 1.54) is 11.1 Å². The summed E-state index contributed by atoms with van der Waals surface area (Å²) in [5, 5.41) is 0. The van der Waals surface area contributed by atoms with Crippen molar-refractivity contribution in [1.29, 1.82) is 0 Å². The molecule has 0 atom stereocenters. The Kier molecular flexibility index (Phi) is 1.86. The van der Waals surface area contributed by atoms with Crippen molar-refractivity contribution in [2.45, 2.75) is 6.42 Å². The van der Waals surface area contributed by atoms with Crippen LogP contribution >= 0.6 is 0 Å². The van der Waals surface area contributed by atoms with Crippen LogP contribution in [0.25, 0.3) is 6.08 Å². The first-order chi connectivity index (χ1) is 5.86. The molecule has 0 saturated heterocycles. The smallest absolute Gasteiger partial charge is 0.0209 e. The molecule has 0 bridgehead atoms. The summed E-state index contributed by atoms with van der Waals surface area (Å²) in [6.07, 6.45) is 5.48. The van der Waals surface area contributed by atoms with Gasteiger partial charge >= 0.3 is 0 Å². The van der Waals surface area contributed by atoms with E-state index in [1.54, 1.807) is 0 Å². The molecule has 1 aliphatic rings. The van der Waals surface area contributed by atoms with Crippen molar-refractivity contribution in [1.82, 2.24) is 4.90 Å². The molecule has 0 fully saturated rings. The van der Waals surface area contributed by atoms with Gasteiger partial charge in [-0.15, -0.1) is 0 Å². The molecule has 0 N–H and O–H groups in total. The van der Waals surface area contributed by atoms with Gasteiger partial charge in [-0.3, -0.25) is 0 Å². The molecule has 0 spiro atoms. The van der Waals surface area contributed by atoms with E-state index in [1.807, 2.05) is 0 Å². The van der Waals surface area contributed by atoms with Gasteiger partial charge in [-0.05, 0) is 29.8 Å². The fourth-order valence-corrected chi connectivity index (χ4v) is 1.50. The zero-order chi connectivity index (χ0) is 8.39. The van der Waals surface area contributed by atoms with E-state index in [0.29, 0.717) is 0 Å². The Balaban J connectivity index is 2.39. The van der Waals surface area contributed by atoms with Gasteiger partial charge in [0.2, 0.25) is 0 Å². The molecule has 1 aromatic rings. The summed E-state index contributed by atoms with van der Waals surface area (Å²) in [6, 6.07) is 8.58. The molecule has 0 unspecified atom stereocenters. The Morgan fingerprint density at radius 1 is 1.25 bits per heavy atom. The van der Waals surface area contributed by atoms with E-state index in [-0.39, 0.29) is 0 Å². The lowest BCUT2D eigenvalue weighted by molar-refractivity contribution is 0.466. The van der Waals surface area contributed by atoms with E-state index in [9.17, 15) is 0 Å². The van der Waals surface area contributed by atoms with Crippen molar-refractivity contribution in [2.24, 2.45) is 0 Å². The van der Waals surface area contributed by atoms with E-state index in [0.717, 1.165) is 13.0 Å². The molecule has 1 nitrogen and oxygen atoms in total. The molecule has 12 heavy (non-hydrogen) atoms. The third-order valence-corrected chi connectivity index (χ3v) is 2.30. The number of rotatable bonds is 0. The van der Waals surface area contributed by atoms with Gasteiger partial charge in [0.15, 0.2) is 0 Å². The first-order valence-corrected chi connectivity index (χ1v) is 4.32. The first-order valence-electron chi connectivity index (χ1n) is 4.32. The lowest BCUT2D eigenvalue weighted by atomic mass is 10.1. The van der Waals surface area contributed by atoms with Gasteiger partial charge in [0.1, 0.15) is 0 Å². The van der Waals surface area contributed by atoms with Gasteiger partial charge < -0.3 is 4.90 Å². The van der Waals surface area contributed by atoms with Gasteiger partial charge in [-0.1, -0.05) is 24.3 Å². The highest BCUT2D eigenvalue weighted by molar-refractivity contribution is 5.54. The largest absolute Gasteiger partial charge is 0.380 e. The predicted octanol–water partition coefficient (Wildman–Crippen LogP) is 2.15. The Bertz CT molecular complexity index is 302. The Hall–Kier alpha value is -1.24. The van der Waals surface area contributed by atoms with Crippen LogP contribution in [0.15, 0.2) is 30.5 Å². The number of benzene rings is 1. The van der Waals surface area contributed by atoms with Crippen LogP contribution in [0.3, 0.4) is 0 Å². The highest BCUT2D eigenvalue weighted by Crippen LogP contribution is 2.14. The molecular weight excluding hydrogens is 146 g/mol. The number of likely N-dealkylation sites (N-methyl/N-ethyl adjacent to an activating group) is 1. The number of hydrogen-bond acceptors (Lipinski definition) is 1. The topological polar surface area (TPSA) is 3.24 Å². The molecule has 0 amide bonds. The number of fused-ring (bicyclic) bond motifs is 1. The van der Waals surface area contributed by atoms with Crippen molar-refractivity contribution in [2.75, 3.05) is 13.6 Å². The van der Waals surface area contributed by atoms with Crippen molar-refractivity contribution >= 4 is 6.08 Å². The fraction of sp³-hybridized carbons (Fsp3) is 0.273. The molecule has 1 aromatic carbocycles. The van der Waals surface area contributed by atoms with Crippen LogP contribution < -0.4 is 0 Å². The van der Waals surface area contributed by atoms with Crippen molar-refractivity contribution in [3.05, 3.63) is 41.6 Å². The SMILES string of the molecule is CN1C=Cc2ccccc2CC1. The van der Waals surface area contributed by atoms with E-state index >= 15 is 0 Å². The zero-order valence-electron chi connectivity index (χ0n) is 7.33. The molecule has 0 aliphatic carbocycles. The molecule has 0 saturated carbocycles. The predicted molar refractivity (Wildman–Crippen MR) is 51.8 cm³/mol. The van der Waals surface area contributed by atoms with E-state index in [2.05, 4.69) is 48.5 Å². The zero-order valence-corrected chi connectivity index (χ0v) is 7.33. The van der Waals surface area contributed by atoms with E-state index < -0.39 is 0 Å². The van der Waals surface area contributed by atoms with Crippen molar-refractivity contribution in [3.8, 4) is 0 Å². The minimum absolute atomic E-state index is 1.12. The summed E-state index contributed by atoms with van der Waals surface area (Å²) in [5.41, 5.74) is 2.82. The third kappa shape index (κ3) is 1.35. The fourth-order valence-electron chi connectivity index (χ4n) is 1.50. The lowest BCUT2D eigenvalue weighted by Crippen LogP contribution is -2.12. The van der Waals surface area contributed by atoms with Gasteiger partial charge in [0.05, 0.1) is 0 Å². The van der Waals surface area contributed by atoms with Crippen LogP contribution in [-0.2, 0) is 6.42 Å². The average molecular weight is 159 g/mol.